The van der Waals surface area contributed by atoms with Crippen LogP contribution in [0.3, 0.4) is 0 Å². The third-order valence-electron chi connectivity index (χ3n) is 5.16. The third-order valence-corrected chi connectivity index (χ3v) is 6.48. The van der Waals surface area contributed by atoms with Crippen molar-refractivity contribution >= 4 is 17.2 Å². The monoisotopic (exact) mass is 350 g/mol. The summed E-state index contributed by atoms with van der Waals surface area (Å²) in [7, 11) is 0. The van der Waals surface area contributed by atoms with Gasteiger partial charge in [-0.05, 0) is 12.8 Å². The molecule has 1 aromatic heterocycles. The Morgan fingerprint density at radius 3 is 2.42 bits per heavy atom. The Morgan fingerprint density at radius 2 is 1.88 bits per heavy atom. The summed E-state index contributed by atoms with van der Waals surface area (Å²) in [5, 5.41) is 3.36. The smallest absolute Gasteiger partial charge is 0.242 e. The quantitative estimate of drug-likeness (QED) is 0.909. The molecule has 2 aliphatic rings. The molecule has 0 unspecified atom stereocenters. The minimum absolute atomic E-state index is 0.116. The van der Waals surface area contributed by atoms with E-state index >= 15 is 0 Å². The minimum Gasteiger partial charge on any atom is -0.339 e. The zero-order valence-electron chi connectivity index (χ0n) is 15.2. The summed E-state index contributed by atoms with van der Waals surface area (Å²) in [4.78, 5) is 21.8. The van der Waals surface area contributed by atoms with E-state index in [1.165, 1.54) is 5.01 Å². The normalized spacial score (nSPS) is 22.1. The first-order chi connectivity index (χ1) is 11.3. The van der Waals surface area contributed by atoms with Crippen molar-refractivity contribution in [3.05, 3.63) is 16.1 Å². The van der Waals surface area contributed by atoms with Crippen molar-refractivity contribution in [2.75, 3.05) is 26.2 Å². The summed E-state index contributed by atoms with van der Waals surface area (Å²) in [6, 6.07) is 0. The minimum atomic E-state index is -0.585. The maximum atomic E-state index is 12.7. The molecule has 1 aliphatic heterocycles. The largest absolute Gasteiger partial charge is 0.339 e. The maximum Gasteiger partial charge on any atom is 0.242 e. The average molecular weight is 351 g/mol. The second-order valence-corrected chi connectivity index (χ2v) is 9.18. The van der Waals surface area contributed by atoms with Crippen molar-refractivity contribution in [1.29, 1.82) is 0 Å². The average Bonchev–Trinajstić information content (AvgIpc) is 3.17. The van der Waals surface area contributed by atoms with E-state index in [9.17, 15) is 4.79 Å². The molecule has 6 heteroatoms. The van der Waals surface area contributed by atoms with Gasteiger partial charge in [-0.1, -0.05) is 33.6 Å². The number of nitrogens with zero attached hydrogens (tertiary/aromatic N) is 3. The highest BCUT2D eigenvalue weighted by Gasteiger charge is 2.40. The van der Waals surface area contributed by atoms with E-state index in [0.29, 0.717) is 0 Å². The Balaban J connectivity index is 1.52. The molecule has 1 aliphatic carbocycles. The summed E-state index contributed by atoms with van der Waals surface area (Å²) in [6.07, 6.45) is 3.87. The molecule has 2 N–H and O–H groups in total. The standard InChI is InChI=1S/C18H30N4OS/c1-17(2,3)15-20-14(13-24-15)12-21-8-10-22(11-9-21)16(23)18(19)6-4-5-7-18/h13H,4-12,19H2,1-3H3. The van der Waals surface area contributed by atoms with Crippen LogP contribution in [0.1, 0.15) is 57.2 Å². The second kappa shape index (κ2) is 6.73. The first-order valence-electron chi connectivity index (χ1n) is 9.03. The van der Waals surface area contributed by atoms with Crippen LogP contribution in [0.2, 0.25) is 0 Å². The van der Waals surface area contributed by atoms with Gasteiger partial charge in [0.05, 0.1) is 16.2 Å². The van der Waals surface area contributed by atoms with Crippen LogP contribution in [-0.4, -0.2) is 52.4 Å². The van der Waals surface area contributed by atoms with E-state index in [2.05, 4.69) is 31.1 Å². The lowest BCUT2D eigenvalue weighted by Crippen LogP contribution is -2.58. The van der Waals surface area contributed by atoms with E-state index in [1.54, 1.807) is 11.3 Å². The maximum absolute atomic E-state index is 12.7. The molecule has 3 rings (SSSR count). The second-order valence-electron chi connectivity index (χ2n) is 8.33. The fourth-order valence-corrected chi connectivity index (χ4v) is 4.50. The molecule has 2 heterocycles. The summed E-state index contributed by atoms with van der Waals surface area (Å²) in [5.41, 5.74) is 7.00. The Bertz CT molecular complexity index is 578. The topological polar surface area (TPSA) is 62.5 Å². The molecule has 1 saturated carbocycles. The number of nitrogens with two attached hydrogens (primary N) is 1. The lowest BCUT2D eigenvalue weighted by Gasteiger charge is -2.38. The third kappa shape index (κ3) is 3.81. The van der Waals surface area contributed by atoms with Gasteiger partial charge in [-0.3, -0.25) is 9.69 Å². The van der Waals surface area contributed by atoms with Crippen LogP contribution in [0.5, 0.6) is 0 Å². The number of aromatic nitrogens is 1. The molecule has 24 heavy (non-hydrogen) atoms. The zero-order valence-corrected chi connectivity index (χ0v) is 16.0. The number of thiazole rings is 1. The number of amides is 1. The van der Waals surface area contributed by atoms with Crippen LogP contribution in [0.4, 0.5) is 0 Å². The van der Waals surface area contributed by atoms with Gasteiger partial charge in [0.25, 0.3) is 0 Å². The van der Waals surface area contributed by atoms with E-state index in [1.807, 2.05) is 4.90 Å². The molecule has 1 saturated heterocycles. The van der Waals surface area contributed by atoms with Crippen molar-refractivity contribution in [1.82, 2.24) is 14.8 Å². The SMILES string of the molecule is CC(C)(C)c1nc(CN2CCN(C(=O)C3(N)CCCC3)CC2)cs1. The van der Waals surface area contributed by atoms with Gasteiger partial charge in [-0.2, -0.15) is 0 Å². The van der Waals surface area contributed by atoms with Crippen LogP contribution in [0.25, 0.3) is 0 Å². The van der Waals surface area contributed by atoms with E-state index in [-0.39, 0.29) is 11.3 Å². The number of hydrogen-bond donors (Lipinski definition) is 1. The molecule has 0 bridgehead atoms. The molecule has 0 aromatic carbocycles. The van der Waals surface area contributed by atoms with Gasteiger partial charge in [-0.25, -0.2) is 4.98 Å². The molecule has 1 amide bonds. The molecule has 0 radical (unpaired) electrons. The number of carbonyl (C=O) groups is 1. The van der Waals surface area contributed by atoms with Crippen LogP contribution in [0.15, 0.2) is 5.38 Å². The van der Waals surface area contributed by atoms with Gasteiger partial charge >= 0.3 is 0 Å². The van der Waals surface area contributed by atoms with Crippen LogP contribution in [0, 0.1) is 0 Å². The van der Waals surface area contributed by atoms with E-state index in [4.69, 9.17) is 10.7 Å². The predicted octanol–water partition coefficient (Wildman–Crippen LogP) is 2.36. The van der Waals surface area contributed by atoms with Gasteiger partial charge in [0.2, 0.25) is 5.91 Å². The zero-order chi connectivity index (χ0) is 17.4. The highest BCUT2D eigenvalue weighted by molar-refractivity contribution is 7.09. The first-order valence-corrected chi connectivity index (χ1v) is 9.91. The predicted molar refractivity (Wildman–Crippen MR) is 98.1 cm³/mol. The molecule has 134 valence electrons. The Hall–Kier alpha value is -0.980. The van der Waals surface area contributed by atoms with Gasteiger partial charge < -0.3 is 10.6 Å². The summed E-state index contributed by atoms with van der Waals surface area (Å²) >= 11 is 1.75. The summed E-state index contributed by atoms with van der Waals surface area (Å²) < 4.78 is 0. The lowest BCUT2D eigenvalue weighted by atomic mass is 9.97. The highest BCUT2D eigenvalue weighted by Crippen LogP contribution is 2.29. The molecule has 2 fully saturated rings. The van der Waals surface area contributed by atoms with Gasteiger partial charge in [0, 0.05) is 43.5 Å². The number of rotatable bonds is 3. The summed E-state index contributed by atoms with van der Waals surface area (Å²) in [6.45, 7) is 10.9. The van der Waals surface area contributed by atoms with Crippen molar-refractivity contribution in [2.24, 2.45) is 5.73 Å². The van der Waals surface area contributed by atoms with Gasteiger partial charge in [0.1, 0.15) is 0 Å². The lowest BCUT2D eigenvalue weighted by molar-refractivity contribution is -0.138. The Kier molecular flexibility index (Phi) is 5.00. The fourth-order valence-electron chi connectivity index (χ4n) is 3.60. The molecular weight excluding hydrogens is 320 g/mol. The molecular formula is C18H30N4OS. The first kappa shape index (κ1) is 17.8. The molecule has 5 nitrogen and oxygen atoms in total. The fraction of sp³-hybridized carbons (Fsp3) is 0.778. The van der Waals surface area contributed by atoms with Crippen molar-refractivity contribution < 1.29 is 4.79 Å². The number of hydrogen-bond acceptors (Lipinski definition) is 5. The molecule has 0 spiro atoms. The molecule has 0 atom stereocenters. The van der Waals surface area contributed by atoms with E-state index in [0.717, 1.165) is 64.1 Å². The highest BCUT2D eigenvalue weighted by atomic mass is 32.1. The van der Waals surface area contributed by atoms with Crippen LogP contribution >= 0.6 is 11.3 Å². The number of carbonyl (C=O) groups excluding carboxylic acids is 1. The van der Waals surface area contributed by atoms with Crippen LogP contribution in [-0.2, 0) is 16.8 Å². The van der Waals surface area contributed by atoms with Gasteiger partial charge in [0.15, 0.2) is 0 Å². The van der Waals surface area contributed by atoms with E-state index < -0.39 is 5.54 Å². The Morgan fingerprint density at radius 1 is 1.25 bits per heavy atom. The van der Waals surface area contributed by atoms with Crippen LogP contribution < -0.4 is 5.73 Å². The molecule has 1 aromatic rings. The van der Waals surface area contributed by atoms with Crippen molar-refractivity contribution in [2.45, 2.75) is 64.0 Å². The Labute approximate surface area is 149 Å². The number of piperazine rings is 1. The summed E-state index contributed by atoms with van der Waals surface area (Å²) in [5.74, 6) is 0.170. The van der Waals surface area contributed by atoms with Crippen molar-refractivity contribution in [3.63, 3.8) is 0 Å². The van der Waals surface area contributed by atoms with Gasteiger partial charge in [-0.15, -0.1) is 11.3 Å². The van der Waals surface area contributed by atoms with Crippen molar-refractivity contribution in [3.8, 4) is 0 Å².